The highest BCUT2D eigenvalue weighted by Crippen LogP contribution is 2.27. The zero-order valence-corrected chi connectivity index (χ0v) is 13.7. The molecule has 1 aromatic heterocycles. The summed E-state index contributed by atoms with van der Waals surface area (Å²) in [7, 11) is 0. The Morgan fingerprint density at radius 2 is 1.64 bits per heavy atom. The summed E-state index contributed by atoms with van der Waals surface area (Å²) < 4.78 is 13.2. The van der Waals surface area contributed by atoms with Crippen LogP contribution in [0.5, 0.6) is 0 Å². The zero-order chi connectivity index (χ0) is 18.0. The van der Waals surface area contributed by atoms with E-state index in [1.165, 1.54) is 12.1 Å². The van der Waals surface area contributed by atoms with E-state index in [0.29, 0.717) is 17.0 Å². The average molecular weight is 335 g/mol. The van der Waals surface area contributed by atoms with Gasteiger partial charge in [0.25, 0.3) is 0 Å². The summed E-state index contributed by atoms with van der Waals surface area (Å²) in [6, 6.07) is 13.5. The quantitative estimate of drug-likeness (QED) is 0.389. The standard InChI is InChI=1S/C19H18FN5/c1-11-8-9-24-16-7-4-13(10-15(11)16)17(21)18(25-19(22)23)12-2-5-14(20)6-3-12/h2-10H,21H2,1H3,(H4,22,23,25)/b18-17-. The highest BCUT2D eigenvalue weighted by Gasteiger charge is 2.11. The van der Waals surface area contributed by atoms with Gasteiger partial charge in [0, 0.05) is 22.7 Å². The lowest BCUT2D eigenvalue weighted by atomic mass is 10.0. The number of benzene rings is 2. The lowest BCUT2D eigenvalue weighted by molar-refractivity contribution is 0.627. The molecule has 0 spiro atoms. The fourth-order valence-electron chi connectivity index (χ4n) is 2.61. The summed E-state index contributed by atoms with van der Waals surface area (Å²) in [6.45, 7) is 2.00. The molecule has 6 heteroatoms. The summed E-state index contributed by atoms with van der Waals surface area (Å²) in [6.07, 6.45) is 1.76. The van der Waals surface area contributed by atoms with E-state index in [1.54, 1.807) is 18.3 Å². The first kappa shape index (κ1) is 16.4. The number of aromatic nitrogens is 1. The number of hydrogen-bond donors (Lipinski definition) is 3. The average Bonchev–Trinajstić information content (AvgIpc) is 2.60. The monoisotopic (exact) mass is 335 g/mol. The van der Waals surface area contributed by atoms with Gasteiger partial charge in [-0.2, -0.15) is 0 Å². The van der Waals surface area contributed by atoms with Crippen molar-refractivity contribution in [3.05, 3.63) is 77.2 Å². The van der Waals surface area contributed by atoms with Gasteiger partial charge in [-0.25, -0.2) is 9.38 Å². The van der Waals surface area contributed by atoms with Gasteiger partial charge in [0.1, 0.15) is 5.82 Å². The van der Waals surface area contributed by atoms with E-state index in [9.17, 15) is 4.39 Å². The third kappa shape index (κ3) is 3.42. The van der Waals surface area contributed by atoms with Crippen molar-refractivity contribution in [1.82, 2.24) is 4.98 Å². The van der Waals surface area contributed by atoms with Crippen LogP contribution in [-0.2, 0) is 0 Å². The Balaban J connectivity index is 2.21. The van der Waals surface area contributed by atoms with Crippen molar-refractivity contribution in [2.24, 2.45) is 22.2 Å². The molecular weight excluding hydrogens is 317 g/mol. The van der Waals surface area contributed by atoms with Crippen molar-refractivity contribution in [3.63, 3.8) is 0 Å². The Morgan fingerprint density at radius 1 is 0.960 bits per heavy atom. The van der Waals surface area contributed by atoms with Gasteiger partial charge < -0.3 is 17.2 Å². The Bertz CT molecular complexity index is 986. The van der Waals surface area contributed by atoms with Gasteiger partial charge in [0.15, 0.2) is 5.96 Å². The number of nitrogens with two attached hydrogens (primary N) is 3. The van der Waals surface area contributed by atoms with E-state index >= 15 is 0 Å². The molecule has 2 aromatic carbocycles. The van der Waals surface area contributed by atoms with Crippen LogP contribution in [0.1, 0.15) is 16.7 Å². The van der Waals surface area contributed by atoms with Crippen LogP contribution in [0.15, 0.2) is 59.7 Å². The van der Waals surface area contributed by atoms with Gasteiger partial charge in [0.05, 0.1) is 16.9 Å². The van der Waals surface area contributed by atoms with Crippen molar-refractivity contribution in [2.75, 3.05) is 0 Å². The molecule has 5 nitrogen and oxygen atoms in total. The van der Waals surface area contributed by atoms with Crippen LogP contribution in [-0.4, -0.2) is 10.9 Å². The molecule has 0 bridgehead atoms. The van der Waals surface area contributed by atoms with Crippen LogP contribution < -0.4 is 17.2 Å². The van der Waals surface area contributed by atoms with Gasteiger partial charge in [-0.1, -0.05) is 6.07 Å². The van der Waals surface area contributed by atoms with Gasteiger partial charge in [-0.05, 0) is 55.0 Å². The molecule has 0 amide bonds. The summed E-state index contributed by atoms with van der Waals surface area (Å²) in [4.78, 5) is 8.48. The SMILES string of the molecule is Cc1ccnc2ccc(/C(N)=C(/N=C(N)N)c3ccc(F)cc3)cc12. The highest BCUT2D eigenvalue weighted by atomic mass is 19.1. The lowest BCUT2D eigenvalue weighted by Gasteiger charge is -2.11. The first-order valence-corrected chi connectivity index (χ1v) is 7.67. The second kappa shape index (κ2) is 6.60. The van der Waals surface area contributed by atoms with Gasteiger partial charge in [-0.3, -0.25) is 4.98 Å². The van der Waals surface area contributed by atoms with Crippen molar-refractivity contribution >= 4 is 28.3 Å². The van der Waals surface area contributed by atoms with Crippen LogP contribution in [0.4, 0.5) is 4.39 Å². The number of fused-ring (bicyclic) bond motifs is 1. The zero-order valence-electron chi connectivity index (χ0n) is 13.7. The number of nitrogens with zero attached hydrogens (tertiary/aromatic N) is 2. The summed E-state index contributed by atoms with van der Waals surface area (Å²) in [5, 5.41) is 0.992. The largest absolute Gasteiger partial charge is 0.396 e. The van der Waals surface area contributed by atoms with Crippen LogP contribution >= 0.6 is 0 Å². The van der Waals surface area contributed by atoms with E-state index in [1.807, 2.05) is 31.2 Å². The Kier molecular flexibility index (Phi) is 4.35. The minimum Gasteiger partial charge on any atom is -0.396 e. The maximum Gasteiger partial charge on any atom is 0.191 e. The topological polar surface area (TPSA) is 103 Å². The number of halogens is 1. The molecule has 0 atom stereocenters. The number of aryl methyl sites for hydroxylation is 1. The Hall–Kier alpha value is -3.41. The fourth-order valence-corrected chi connectivity index (χ4v) is 2.61. The van der Waals surface area contributed by atoms with Gasteiger partial charge >= 0.3 is 0 Å². The predicted molar refractivity (Wildman–Crippen MR) is 99.7 cm³/mol. The van der Waals surface area contributed by atoms with Crippen LogP contribution in [0.2, 0.25) is 0 Å². The highest BCUT2D eigenvalue weighted by molar-refractivity contribution is 5.96. The van der Waals surface area contributed by atoms with Crippen molar-refractivity contribution in [1.29, 1.82) is 0 Å². The maximum atomic E-state index is 13.2. The molecule has 0 saturated heterocycles. The fraction of sp³-hybridized carbons (Fsp3) is 0.0526. The first-order valence-electron chi connectivity index (χ1n) is 7.67. The van der Waals surface area contributed by atoms with E-state index in [4.69, 9.17) is 17.2 Å². The third-order valence-corrected chi connectivity index (χ3v) is 3.88. The van der Waals surface area contributed by atoms with Crippen molar-refractivity contribution in [3.8, 4) is 0 Å². The summed E-state index contributed by atoms with van der Waals surface area (Å²) in [5.74, 6) is -0.473. The Morgan fingerprint density at radius 3 is 2.32 bits per heavy atom. The lowest BCUT2D eigenvalue weighted by Crippen LogP contribution is -2.23. The van der Waals surface area contributed by atoms with Crippen molar-refractivity contribution < 1.29 is 4.39 Å². The first-order chi connectivity index (χ1) is 12.0. The molecule has 1 heterocycles. The molecule has 0 unspecified atom stereocenters. The number of guanidine groups is 1. The molecule has 0 aliphatic rings. The van der Waals surface area contributed by atoms with E-state index in [2.05, 4.69) is 9.98 Å². The van der Waals surface area contributed by atoms with Gasteiger partial charge in [-0.15, -0.1) is 0 Å². The number of aliphatic imine (C=N–C) groups is 1. The number of hydrogen-bond acceptors (Lipinski definition) is 3. The molecule has 3 aromatic rings. The van der Waals surface area contributed by atoms with Crippen molar-refractivity contribution in [2.45, 2.75) is 6.92 Å². The molecule has 0 aliphatic heterocycles. The number of rotatable bonds is 3. The predicted octanol–water partition coefficient (Wildman–Crippen LogP) is 2.74. The Labute approximate surface area is 144 Å². The van der Waals surface area contributed by atoms with Gasteiger partial charge in [0.2, 0.25) is 0 Å². The van der Waals surface area contributed by atoms with Crippen LogP contribution in [0.3, 0.4) is 0 Å². The molecule has 0 saturated carbocycles. The van der Waals surface area contributed by atoms with Crippen LogP contribution in [0.25, 0.3) is 22.3 Å². The summed E-state index contributed by atoms with van der Waals surface area (Å²) in [5.41, 5.74) is 21.6. The minimum absolute atomic E-state index is 0.124. The molecule has 0 aliphatic carbocycles. The molecular formula is C19H18FN5. The third-order valence-electron chi connectivity index (χ3n) is 3.88. The van der Waals surface area contributed by atoms with E-state index in [-0.39, 0.29) is 11.8 Å². The minimum atomic E-state index is -0.348. The second-order valence-corrected chi connectivity index (χ2v) is 5.67. The van der Waals surface area contributed by atoms with E-state index < -0.39 is 0 Å². The second-order valence-electron chi connectivity index (χ2n) is 5.67. The molecule has 25 heavy (non-hydrogen) atoms. The normalized spacial score (nSPS) is 11.9. The number of pyridine rings is 1. The molecule has 0 fully saturated rings. The molecule has 0 radical (unpaired) electrons. The smallest absolute Gasteiger partial charge is 0.191 e. The van der Waals surface area contributed by atoms with Crippen LogP contribution in [0, 0.1) is 12.7 Å². The molecule has 126 valence electrons. The molecule has 3 rings (SSSR count). The van der Waals surface area contributed by atoms with E-state index in [0.717, 1.165) is 22.0 Å². The summed E-state index contributed by atoms with van der Waals surface area (Å²) >= 11 is 0. The molecule has 6 N–H and O–H groups in total. The maximum absolute atomic E-state index is 13.2.